The van der Waals surface area contributed by atoms with Crippen LogP contribution in [0.2, 0.25) is 0 Å². The minimum atomic E-state index is -3.83. The lowest BCUT2D eigenvalue weighted by molar-refractivity contribution is 0.574. The van der Waals surface area contributed by atoms with Crippen molar-refractivity contribution in [1.82, 2.24) is 10.0 Å². The molecule has 7 nitrogen and oxygen atoms in total. The molecule has 0 radical (unpaired) electrons. The van der Waals surface area contributed by atoms with Gasteiger partial charge in [0.15, 0.2) is 0 Å². The van der Waals surface area contributed by atoms with Crippen LogP contribution in [0.5, 0.6) is 0 Å². The number of likely N-dealkylation sites (N-methyl/N-ethyl adjacent to an activating group) is 1. The van der Waals surface area contributed by atoms with Crippen molar-refractivity contribution in [2.45, 2.75) is 11.8 Å². The second-order valence-corrected chi connectivity index (χ2v) is 7.78. The quantitative estimate of drug-likeness (QED) is 0.582. The van der Waals surface area contributed by atoms with Gasteiger partial charge in [-0.2, -0.15) is 0 Å². The fraction of sp³-hybridized carbons (Fsp3) is 0.455. The Balaban J connectivity index is 2.87. The first-order valence-electron chi connectivity index (χ1n) is 6.13. The van der Waals surface area contributed by atoms with Crippen molar-refractivity contribution in [3.8, 4) is 0 Å². The Morgan fingerprint density at radius 1 is 1.14 bits per heavy atom. The number of halogens is 1. The van der Waals surface area contributed by atoms with Crippen molar-refractivity contribution in [3.05, 3.63) is 24.0 Å². The summed E-state index contributed by atoms with van der Waals surface area (Å²) in [6, 6.07) is 2.96. The fourth-order valence-electron chi connectivity index (χ4n) is 1.48. The van der Waals surface area contributed by atoms with E-state index in [2.05, 4.69) is 10.0 Å². The van der Waals surface area contributed by atoms with Gasteiger partial charge < -0.3 is 5.32 Å². The van der Waals surface area contributed by atoms with E-state index in [9.17, 15) is 21.2 Å². The molecule has 21 heavy (non-hydrogen) atoms. The van der Waals surface area contributed by atoms with Crippen LogP contribution in [0, 0.1) is 5.82 Å². The van der Waals surface area contributed by atoms with E-state index in [1.807, 2.05) is 11.6 Å². The zero-order chi connectivity index (χ0) is 16.1. The number of nitrogens with one attached hydrogen (secondary N) is 3. The highest BCUT2D eigenvalue weighted by atomic mass is 32.2. The molecule has 0 heterocycles. The Morgan fingerprint density at radius 2 is 1.81 bits per heavy atom. The molecule has 0 spiro atoms. The molecule has 3 N–H and O–H groups in total. The Kier molecular flexibility index (Phi) is 6.08. The molecular formula is C11H18FN3O4S2. The largest absolute Gasteiger partial charge is 0.316 e. The van der Waals surface area contributed by atoms with E-state index >= 15 is 0 Å². The molecule has 0 saturated carbocycles. The zero-order valence-corrected chi connectivity index (χ0v) is 13.3. The summed E-state index contributed by atoms with van der Waals surface area (Å²) < 4.78 is 63.8. The van der Waals surface area contributed by atoms with Crippen LogP contribution in [0.3, 0.4) is 0 Å². The van der Waals surface area contributed by atoms with Crippen molar-refractivity contribution < 1.29 is 21.2 Å². The van der Waals surface area contributed by atoms with Crippen LogP contribution in [0.4, 0.5) is 10.1 Å². The molecule has 1 aromatic rings. The van der Waals surface area contributed by atoms with Gasteiger partial charge in [0.25, 0.3) is 0 Å². The first-order valence-corrected chi connectivity index (χ1v) is 9.51. The van der Waals surface area contributed by atoms with E-state index in [0.29, 0.717) is 13.1 Å². The summed E-state index contributed by atoms with van der Waals surface area (Å²) in [6.45, 7) is 3.21. The van der Waals surface area contributed by atoms with Crippen molar-refractivity contribution in [2.75, 3.05) is 30.6 Å². The number of rotatable bonds is 8. The van der Waals surface area contributed by atoms with Crippen molar-refractivity contribution in [3.63, 3.8) is 0 Å². The third-order valence-corrected chi connectivity index (χ3v) is 4.44. The van der Waals surface area contributed by atoms with E-state index in [4.69, 9.17) is 0 Å². The van der Waals surface area contributed by atoms with Crippen molar-refractivity contribution in [2.24, 2.45) is 0 Å². The summed E-state index contributed by atoms with van der Waals surface area (Å²) in [5.41, 5.74) is -0.302. The van der Waals surface area contributed by atoms with Gasteiger partial charge in [-0.15, -0.1) is 0 Å². The molecule has 10 heteroatoms. The smallest absolute Gasteiger partial charge is 0.240 e. The molecule has 1 aromatic carbocycles. The van der Waals surface area contributed by atoms with Crippen LogP contribution in [-0.4, -0.2) is 42.7 Å². The van der Waals surface area contributed by atoms with Gasteiger partial charge in [-0.1, -0.05) is 6.92 Å². The Bertz CT molecular complexity index is 689. The molecule has 0 aliphatic rings. The Morgan fingerprint density at radius 3 is 2.33 bits per heavy atom. The summed E-state index contributed by atoms with van der Waals surface area (Å²) in [6.07, 6.45) is 0.874. The molecule has 0 aliphatic carbocycles. The molecule has 0 aromatic heterocycles. The molecule has 0 aliphatic heterocycles. The van der Waals surface area contributed by atoms with Crippen LogP contribution < -0.4 is 14.8 Å². The highest BCUT2D eigenvalue weighted by molar-refractivity contribution is 7.92. The summed E-state index contributed by atoms with van der Waals surface area (Å²) in [7, 11) is -7.46. The van der Waals surface area contributed by atoms with E-state index in [1.165, 1.54) is 0 Å². The lowest BCUT2D eigenvalue weighted by Crippen LogP contribution is -2.31. The Hall–Kier alpha value is -1.23. The van der Waals surface area contributed by atoms with E-state index in [0.717, 1.165) is 24.5 Å². The van der Waals surface area contributed by atoms with Crippen molar-refractivity contribution in [1.29, 1.82) is 0 Å². The molecular weight excluding hydrogens is 321 g/mol. The summed E-state index contributed by atoms with van der Waals surface area (Å²) >= 11 is 0. The molecule has 0 bridgehead atoms. The van der Waals surface area contributed by atoms with Gasteiger partial charge in [-0.3, -0.25) is 4.72 Å². The summed E-state index contributed by atoms with van der Waals surface area (Å²) in [5, 5.41) is 2.94. The summed E-state index contributed by atoms with van der Waals surface area (Å²) in [5.74, 6) is -0.963. The first kappa shape index (κ1) is 17.8. The van der Waals surface area contributed by atoms with Crippen molar-refractivity contribution >= 4 is 25.7 Å². The molecule has 0 unspecified atom stereocenters. The highest BCUT2D eigenvalue weighted by Crippen LogP contribution is 2.19. The summed E-state index contributed by atoms with van der Waals surface area (Å²) in [4.78, 5) is -0.268. The third kappa shape index (κ3) is 5.96. The van der Waals surface area contributed by atoms with Gasteiger partial charge in [-0.05, 0) is 24.7 Å². The van der Waals surface area contributed by atoms with Crippen LogP contribution >= 0.6 is 0 Å². The standard InChI is InChI=1S/C11H18FN3O4S2/c1-3-13-6-7-14-21(18,19)9-4-5-11(10(12)8-9)15-20(2,16)17/h4-5,8,13-15H,3,6-7H2,1-2H3. The second-order valence-electron chi connectivity index (χ2n) is 4.27. The van der Waals surface area contributed by atoms with Gasteiger partial charge in [0.05, 0.1) is 16.8 Å². The van der Waals surface area contributed by atoms with Gasteiger partial charge in [0, 0.05) is 13.1 Å². The first-order chi connectivity index (χ1) is 9.65. The zero-order valence-electron chi connectivity index (χ0n) is 11.7. The van der Waals surface area contributed by atoms with Gasteiger partial charge in [0.1, 0.15) is 5.82 Å². The Labute approximate surface area is 124 Å². The molecule has 0 amide bonds. The second kappa shape index (κ2) is 7.16. The maximum absolute atomic E-state index is 13.7. The van der Waals surface area contributed by atoms with Crippen LogP contribution in [0.1, 0.15) is 6.92 Å². The van der Waals surface area contributed by atoms with Crippen LogP contribution in [-0.2, 0) is 20.0 Å². The molecule has 120 valence electrons. The maximum Gasteiger partial charge on any atom is 0.240 e. The fourth-order valence-corrected chi connectivity index (χ4v) is 3.09. The van der Waals surface area contributed by atoms with Crippen LogP contribution in [0.15, 0.2) is 23.1 Å². The molecule has 1 rings (SSSR count). The predicted octanol–water partition coefficient (Wildman–Crippen LogP) is 0.0850. The molecule has 0 saturated heterocycles. The van der Waals surface area contributed by atoms with E-state index < -0.39 is 25.9 Å². The third-order valence-electron chi connectivity index (χ3n) is 2.39. The average Bonchev–Trinajstić information content (AvgIpc) is 2.35. The normalized spacial score (nSPS) is 12.3. The number of hydrogen-bond acceptors (Lipinski definition) is 5. The maximum atomic E-state index is 13.7. The van der Waals surface area contributed by atoms with Crippen LogP contribution in [0.25, 0.3) is 0 Å². The van der Waals surface area contributed by atoms with Gasteiger partial charge >= 0.3 is 0 Å². The number of hydrogen-bond donors (Lipinski definition) is 3. The minimum absolute atomic E-state index is 0.168. The van der Waals surface area contributed by atoms with Gasteiger partial charge in [-0.25, -0.2) is 25.9 Å². The highest BCUT2D eigenvalue weighted by Gasteiger charge is 2.16. The number of sulfonamides is 2. The minimum Gasteiger partial charge on any atom is -0.316 e. The van der Waals surface area contributed by atoms with Gasteiger partial charge in [0.2, 0.25) is 20.0 Å². The lowest BCUT2D eigenvalue weighted by Gasteiger charge is -2.09. The SMILES string of the molecule is CCNCCNS(=O)(=O)c1ccc(NS(C)(=O)=O)c(F)c1. The number of benzene rings is 1. The van der Waals surface area contributed by atoms with E-state index in [-0.39, 0.29) is 17.1 Å². The molecule has 0 fully saturated rings. The monoisotopic (exact) mass is 339 g/mol. The molecule has 0 atom stereocenters. The lowest BCUT2D eigenvalue weighted by atomic mass is 10.3. The topological polar surface area (TPSA) is 104 Å². The predicted molar refractivity (Wildman–Crippen MR) is 78.6 cm³/mol. The average molecular weight is 339 g/mol. The van der Waals surface area contributed by atoms with E-state index in [1.54, 1.807) is 0 Å². The number of anilines is 1.